The van der Waals surface area contributed by atoms with Gasteiger partial charge in [0, 0.05) is 39.3 Å². The van der Waals surface area contributed by atoms with E-state index in [0.717, 1.165) is 66.4 Å². The first kappa shape index (κ1) is 28.2. The molecule has 38 heavy (non-hydrogen) atoms. The molecule has 2 aliphatic heterocycles. The number of thiophene rings is 1. The number of hydrogen-bond acceptors (Lipinski definition) is 8. The van der Waals surface area contributed by atoms with Crippen LogP contribution >= 0.6 is 45.9 Å². The van der Waals surface area contributed by atoms with Crippen LogP contribution in [0.4, 0.5) is 5.13 Å². The molecule has 2 fully saturated rings. The number of aryl methyl sites for hydroxylation is 1. The van der Waals surface area contributed by atoms with Crippen molar-refractivity contribution in [3.05, 3.63) is 39.2 Å². The van der Waals surface area contributed by atoms with Crippen LogP contribution in [0.15, 0.2) is 28.5 Å². The number of sulfonamides is 1. The molecule has 0 spiro atoms. The predicted molar refractivity (Wildman–Crippen MR) is 154 cm³/mol. The smallest absolute Gasteiger partial charge is 0.252 e. The van der Waals surface area contributed by atoms with Crippen LogP contribution in [0.3, 0.4) is 0 Å². The first-order valence-corrected chi connectivity index (χ1v) is 16.5. The van der Waals surface area contributed by atoms with Crippen molar-refractivity contribution in [2.24, 2.45) is 5.92 Å². The largest absolute Gasteiger partial charge is 0.379 e. The number of nitrogens with zero attached hydrogens (tertiary/aromatic N) is 4. The minimum Gasteiger partial charge on any atom is -0.379 e. The van der Waals surface area contributed by atoms with Gasteiger partial charge in [0.1, 0.15) is 4.21 Å². The number of benzene rings is 1. The number of ether oxygens (including phenoxy) is 1. The van der Waals surface area contributed by atoms with E-state index < -0.39 is 15.9 Å². The first-order chi connectivity index (χ1) is 18.2. The summed E-state index contributed by atoms with van der Waals surface area (Å²) in [4.78, 5) is 23.0. The maximum Gasteiger partial charge on any atom is 0.252 e. The Bertz CT molecular complexity index is 1370. The molecule has 0 N–H and O–H groups in total. The van der Waals surface area contributed by atoms with Crippen LogP contribution in [0.25, 0.3) is 10.2 Å². The third-order valence-corrected chi connectivity index (χ3v) is 12.1. The van der Waals surface area contributed by atoms with E-state index in [0.29, 0.717) is 40.4 Å². The second-order valence-corrected chi connectivity index (χ2v) is 14.9. The van der Waals surface area contributed by atoms with Gasteiger partial charge in [-0.05, 0) is 49.9 Å². The maximum absolute atomic E-state index is 14.0. The van der Waals surface area contributed by atoms with E-state index in [1.165, 1.54) is 21.7 Å². The molecule has 3 aromatic rings. The molecular formula is C25H30Cl2N4O4S3. The number of morpholine rings is 1. The average molecular weight is 618 g/mol. The van der Waals surface area contributed by atoms with Crippen molar-refractivity contribution in [1.29, 1.82) is 0 Å². The number of amides is 1. The molecule has 206 valence electrons. The van der Waals surface area contributed by atoms with Crippen LogP contribution in [0, 0.1) is 12.8 Å². The van der Waals surface area contributed by atoms with Crippen molar-refractivity contribution in [1.82, 2.24) is 14.2 Å². The van der Waals surface area contributed by atoms with E-state index >= 15 is 0 Å². The lowest BCUT2D eigenvalue weighted by molar-refractivity contribution is -0.123. The molecule has 13 heteroatoms. The molecule has 2 aromatic heterocycles. The number of carbonyl (C=O) groups excluding carboxylic acids is 1. The second kappa shape index (κ2) is 12.1. The predicted octanol–water partition coefficient (Wildman–Crippen LogP) is 5.13. The summed E-state index contributed by atoms with van der Waals surface area (Å²) in [6.45, 7) is 7.06. The number of halogens is 2. The van der Waals surface area contributed by atoms with Crippen molar-refractivity contribution in [2.75, 3.05) is 57.4 Å². The zero-order valence-corrected chi connectivity index (χ0v) is 25.0. The molecule has 2 aliphatic rings. The van der Waals surface area contributed by atoms with E-state index in [1.807, 2.05) is 19.1 Å². The zero-order chi connectivity index (χ0) is 26.9. The normalized spacial score (nSPS) is 19.7. The number of aromatic nitrogens is 1. The maximum atomic E-state index is 14.0. The molecule has 5 rings (SSSR count). The van der Waals surface area contributed by atoms with E-state index in [1.54, 1.807) is 11.0 Å². The molecule has 1 unspecified atom stereocenters. The fraction of sp³-hybridized carbons (Fsp3) is 0.520. The van der Waals surface area contributed by atoms with Gasteiger partial charge >= 0.3 is 0 Å². The molecule has 1 atom stereocenters. The SMILES string of the molecule is Cc1ccc(Cl)c2sc(N(CCCN3CCOCC3)C(=O)C3CCCN(S(=O)(=O)c4ccc(Cl)s4)C3)nc12. The Morgan fingerprint density at radius 2 is 1.95 bits per heavy atom. The number of hydrogen-bond donors (Lipinski definition) is 0. The second-order valence-electron chi connectivity index (χ2n) is 9.60. The van der Waals surface area contributed by atoms with E-state index in [9.17, 15) is 13.2 Å². The summed E-state index contributed by atoms with van der Waals surface area (Å²) in [5.41, 5.74) is 1.79. The van der Waals surface area contributed by atoms with Crippen LogP contribution in [-0.4, -0.2) is 81.0 Å². The van der Waals surface area contributed by atoms with Gasteiger partial charge in [0.05, 0.1) is 38.7 Å². The zero-order valence-electron chi connectivity index (χ0n) is 21.1. The number of fused-ring (bicyclic) bond motifs is 1. The number of anilines is 1. The summed E-state index contributed by atoms with van der Waals surface area (Å²) < 4.78 is 34.9. The first-order valence-electron chi connectivity index (χ1n) is 12.7. The van der Waals surface area contributed by atoms with Crippen LogP contribution in [0.5, 0.6) is 0 Å². The summed E-state index contributed by atoms with van der Waals surface area (Å²) in [5, 5.41) is 1.22. The Balaban J connectivity index is 1.38. The third-order valence-electron chi connectivity index (χ3n) is 7.02. The van der Waals surface area contributed by atoms with Gasteiger partial charge in [0.25, 0.3) is 10.0 Å². The van der Waals surface area contributed by atoms with Crippen LogP contribution in [0.2, 0.25) is 9.36 Å². The Morgan fingerprint density at radius 3 is 2.66 bits per heavy atom. The van der Waals surface area contributed by atoms with Gasteiger partial charge < -0.3 is 4.74 Å². The van der Waals surface area contributed by atoms with Gasteiger partial charge in [-0.25, -0.2) is 13.4 Å². The standard InChI is InChI=1S/C25H30Cl2N4O4S3/c1-17-5-6-19(26)23-22(17)28-25(37-23)31(11-3-9-29-12-14-35-15-13-29)24(32)18-4-2-10-30(16-18)38(33,34)21-8-7-20(27)36-21/h5-8,18H,2-4,9-16H2,1H3. The molecular weight excluding hydrogens is 587 g/mol. The highest BCUT2D eigenvalue weighted by atomic mass is 35.5. The Morgan fingerprint density at radius 1 is 1.16 bits per heavy atom. The number of thiazole rings is 1. The summed E-state index contributed by atoms with van der Waals surface area (Å²) in [5.74, 6) is -0.551. The monoisotopic (exact) mass is 616 g/mol. The van der Waals surface area contributed by atoms with Gasteiger partial charge in [-0.15, -0.1) is 11.3 Å². The summed E-state index contributed by atoms with van der Waals surface area (Å²) in [6, 6.07) is 6.90. The molecule has 0 radical (unpaired) electrons. The van der Waals surface area contributed by atoms with Crippen molar-refractivity contribution in [2.45, 2.75) is 30.4 Å². The molecule has 1 aromatic carbocycles. The topological polar surface area (TPSA) is 83.0 Å². The lowest BCUT2D eigenvalue weighted by Gasteiger charge is -2.34. The molecule has 0 aliphatic carbocycles. The highest BCUT2D eigenvalue weighted by Crippen LogP contribution is 2.37. The van der Waals surface area contributed by atoms with E-state index in [2.05, 4.69) is 4.90 Å². The molecule has 0 saturated carbocycles. The molecule has 8 nitrogen and oxygen atoms in total. The number of piperidine rings is 1. The van der Waals surface area contributed by atoms with Crippen LogP contribution in [-0.2, 0) is 19.6 Å². The van der Waals surface area contributed by atoms with Crippen molar-refractivity contribution in [3.63, 3.8) is 0 Å². The summed E-state index contributed by atoms with van der Waals surface area (Å²) in [7, 11) is -3.71. The number of rotatable bonds is 8. The van der Waals surface area contributed by atoms with Gasteiger partial charge in [0.15, 0.2) is 5.13 Å². The van der Waals surface area contributed by atoms with Crippen molar-refractivity contribution < 1.29 is 17.9 Å². The quantitative estimate of drug-likeness (QED) is 0.349. The molecule has 2 saturated heterocycles. The minimum atomic E-state index is -3.71. The van der Waals surface area contributed by atoms with E-state index in [-0.39, 0.29) is 16.7 Å². The number of carbonyl (C=O) groups is 1. The minimum absolute atomic E-state index is 0.0936. The highest BCUT2D eigenvalue weighted by molar-refractivity contribution is 7.91. The van der Waals surface area contributed by atoms with E-state index in [4.69, 9.17) is 32.9 Å². The Kier molecular flexibility index (Phi) is 8.95. The summed E-state index contributed by atoms with van der Waals surface area (Å²) in [6.07, 6.45) is 2.01. The molecule has 0 bridgehead atoms. The Labute approximate surface area is 241 Å². The fourth-order valence-corrected chi connectivity index (χ4v) is 9.44. The highest BCUT2D eigenvalue weighted by Gasteiger charge is 2.37. The molecule has 1 amide bonds. The third kappa shape index (κ3) is 6.05. The van der Waals surface area contributed by atoms with Crippen LogP contribution in [0.1, 0.15) is 24.8 Å². The van der Waals surface area contributed by atoms with Gasteiger partial charge in [0.2, 0.25) is 5.91 Å². The Hall–Kier alpha value is -1.31. The van der Waals surface area contributed by atoms with Gasteiger partial charge in [-0.2, -0.15) is 4.31 Å². The van der Waals surface area contributed by atoms with Gasteiger partial charge in [-0.1, -0.05) is 40.6 Å². The van der Waals surface area contributed by atoms with Crippen molar-refractivity contribution >= 4 is 77.2 Å². The van der Waals surface area contributed by atoms with Crippen LogP contribution < -0.4 is 4.90 Å². The fourth-order valence-electron chi connectivity index (χ4n) is 4.93. The van der Waals surface area contributed by atoms with Crippen molar-refractivity contribution in [3.8, 4) is 0 Å². The lowest BCUT2D eigenvalue weighted by Crippen LogP contribution is -2.47. The van der Waals surface area contributed by atoms with Gasteiger partial charge in [-0.3, -0.25) is 14.6 Å². The molecule has 4 heterocycles. The lowest BCUT2D eigenvalue weighted by atomic mass is 9.98. The average Bonchev–Trinajstić information content (AvgIpc) is 3.57. The summed E-state index contributed by atoms with van der Waals surface area (Å²) >= 11 is 14.9.